The lowest BCUT2D eigenvalue weighted by Crippen LogP contribution is -2.48. The number of benzene rings is 1. The monoisotopic (exact) mass is 490 g/mol. The van der Waals surface area contributed by atoms with Gasteiger partial charge in [0.15, 0.2) is 12.4 Å². The van der Waals surface area contributed by atoms with Gasteiger partial charge in [-0.15, -0.1) is 0 Å². The Labute approximate surface area is 212 Å². The van der Waals surface area contributed by atoms with Crippen LogP contribution < -0.4 is 19.4 Å². The fraction of sp³-hybridized carbons (Fsp3) is 0.333. The molecule has 0 aliphatic carbocycles. The van der Waals surface area contributed by atoms with E-state index in [4.69, 9.17) is 0 Å². The molecule has 0 atom stereocenters. The predicted octanol–water partition coefficient (Wildman–Crippen LogP) is 1.93. The second-order valence-electron chi connectivity index (χ2n) is 8.70. The molecular formula is C27H34N6OS+2. The lowest BCUT2D eigenvalue weighted by molar-refractivity contribution is -0.713. The molecule has 1 saturated heterocycles. The van der Waals surface area contributed by atoms with Crippen LogP contribution in [0.15, 0.2) is 72.4 Å². The van der Waals surface area contributed by atoms with Crippen molar-refractivity contribution in [2.75, 3.05) is 49.9 Å². The van der Waals surface area contributed by atoms with Gasteiger partial charge in [0.1, 0.15) is 13.2 Å². The maximum Gasteiger partial charge on any atom is 0.359 e. The molecule has 1 aromatic carbocycles. The minimum Gasteiger partial charge on any atom is -0.369 e. The Hall–Kier alpha value is -3.23. The predicted molar refractivity (Wildman–Crippen MR) is 141 cm³/mol. The maximum absolute atomic E-state index is 12.2. The van der Waals surface area contributed by atoms with Gasteiger partial charge in [-0.2, -0.15) is 0 Å². The smallest absolute Gasteiger partial charge is 0.359 e. The summed E-state index contributed by atoms with van der Waals surface area (Å²) in [5.41, 5.74) is 3.66. The molecule has 0 saturated carbocycles. The van der Waals surface area contributed by atoms with Crippen molar-refractivity contribution in [2.45, 2.75) is 5.16 Å². The first kappa shape index (κ1) is 24.9. The van der Waals surface area contributed by atoms with Gasteiger partial charge in [0.2, 0.25) is 5.91 Å². The van der Waals surface area contributed by atoms with Crippen molar-refractivity contribution >= 4 is 35.5 Å². The van der Waals surface area contributed by atoms with E-state index in [1.54, 1.807) is 6.20 Å². The molecule has 35 heavy (non-hydrogen) atoms. The summed E-state index contributed by atoms with van der Waals surface area (Å²) in [5.74, 6) is 0.433. The van der Waals surface area contributed by atoms with Gasteiger partial charge in [-0.1, -0.05) is 24.3 Å². The Morgan fingerprint density at radius 1 is 1.00 bits per heavy atom. The van der Waals surface area contributed by atoms with Gasteiger partial charge in [-0.05, 0) is 40.0 Å². The molecule has 1 aliphatic rings. The summed E-state index contributed by atoms with van der Waals surface area (Å²) >= 11 is 1.46. The number of amides is 1. The van der Waals surface area contributed by atoms with Crippen LogP contribution in [0.25, 0.3) is 12.2 Å². The molecule has 3 heterocycles. The third kappa shape index (κ3) is 7.63. The van der Waals surface area contributed by atoms with Crippen molar-refractivity contribution in [3.8, 4) is 0 Å². The Balaban J connectivity index is 1.15. The zero-order valence-electron chi connectivity index (χ0n) is 20.5. The van der Waals surface area contributed by atoms with Crippen LogP contribution in [-0.4, -0.2) is 60.8 Å². The number of hydrogen-bond donors (Lipinski definition) is 1. The number of aromatic nitrogens is 3. The molecule has 3 aromatic rings. The summed E-state index contributed by atoms with van der Waals surface area (Å²) in [6, 6.07) is 14.9. The van der Waals surface area contributed by atoms with E-state index < -0.39 is 0 Å². The maximum atomic E-state index is 12.2. The van der Waals surface area contributed by atoms with E-state index in [-0.39, 0.29) is 5.91 Å². The van der Waals surface area contributed by atoms with Crippen LogP contribution in [0.4, 0.5) is 5.69 Å². The van der Waals surface area contributed by atoms with Crippen LogP contribution in [-0.2, 0) is 18.9 Å². The number of carbonyl (C=O) groups is 1. The lowest BCUT2D eigenvalue weighted by Gasteiger charge is -2.36. The summed E-state index contributed by atoms with van der Waals surface area (Å²) in [5, 5.41) is 3.88. The van der Waals surface area contributed by atoms with Gasteiger partial charge in [0, 0.05) is 63.2 Å². The molecule has 1 N–H and O–H groups in total. The van der Waals surface area contributed by atoms with Crippen LogP contribution in [0.3, 0.4) is 0 Å². The van der Waals surface area contributed by atoms with E-state index in [0.29, 0.717) is 12.3 Å². The fourth-order valence-electron chi connectivity index (χ4n) is 3.94. The fourth-order valence-corrected chi connectivity index (χ4v) is 4.71. The lowest BCUT2D eigenvalue weighted by atomic mass is 10.1. The highest BCUT2D eigenvalue weighted by Crippen LogP contribution is 2.18. The van der Waals surface area contributed by atoms with E-state index >= 15 is 0 Å². The molecule has 8 heteroatoms. The summed E-state index contributed by atoms with van der Waals surface area (Å²) in [6.45, 7) is 5.55. The molecule has 1 fully saturated rings. The Bertz CT molecular complexity index is 1130. The van der Waals surface area contributed by atoms with Gasteiger partial charge in [0.25, 0.3) is 0 Å². The highest BCUT2D eigenvalue weighted by Gasteiger charge is 2.17. The van der Waals surface area contributed by atoms with Crippen LogP contribution in [0.2, 0.25) is 0 Å². The number of nitrogens with one attached hydrogen (secondary N) is 1. The zero-order valence-corrected chi connectivity index (χ0v) is 21.3. The van der Waals surface area contributed by atoms with Crippen molar-refractivity contribution in [1.29, 1.82) is 0 Å². The van der Waals surface area contributed by atoms with Crippen LogP contribution in [0.1, 0.15) is 11.1 Å². The topological polar surface area (TPSA) is 56.2 Å². The third-order valence-corrected chi connectivity index (χ3v) is 7.13. The van der Waals surface area contributed by atoms with Gasteiger partial charge in [-0.3, -0.25) is 9.69 Å². The normalized spacial score (nSPS) is 14.4. The van der Waals surface area contributed by atoms with E-state index in [1.165, 1.54) is 28.6 Å². The Morgan fingerprint density at radius 2 is 1.69 bits per heavy atom. The number of carbonyl (C=O) groups excluding carboxylic acids is 1. The molecule has 1 amide bonds. The van der Waals surface area contributed by atoms with Gasteiger partial charge in [0.05, 0.1) is 19.0 Å². The van der Waals surface area contributed by atoms with E-state index in [2.05, 4.69) is 81.0 Å². The number of nitrogens with zero attached hydrogens (tertiary/aromatic N) is 5. The number of anilines is 1. The molecule has 7 nitrogen and oxygen atoms in total. The summed E-state index contributed by atoms with van der Waals surface area (Å²) in [4.78, 5) is 21.3. The van der Waals surface area contributed by atoms with Crippen molar-refractivity contribution < 1.29 is 13.9 Å². The Morgan fingerprint density at radius 3 is 2.37 bits per heavy atom. The quantitative estimate of drug-likeness (QED) is 0.282. The largest absolute Gasteiger partial charge is 0.369 e. The molecule has 0 bridgehead atoms. The second kappa shape index (κ2) is 12.5. The van der Waals surface area contributed by atoms with Crippen molar-refractivity contribution in [3.05, 3.63) is 78.4 Å². The number of thioether (sulfide) groups is 1. The number of piperazine rings is 1. The zero-order chi connectivity index (χ0) is 24.5. The van der Waals surface area contributed by atoms with Crippen molar-refractivity contribution in [3.63, 3.8) is 0 Å². The van der Waals surface area contributed by atoms with E-state index in [0.717, 1.165) is 37.9 Å². The average molecular weight is 491 g/mol. The minimum atomic E-state index is 0.0506. The first-order valence-corrected chi connectivity index (χ1v) is 13.0. The second-order valence-corrected chi connectivity index (χ2v) is 9.64. The number of hydrogen-bond acceptors (Lipinski definition) is 5. The molecular weight excluding hydrogens is 456 g/mol. The van der Waals surface area contributed by atoms with Crippen molar-refractivity contribution in [2.24, 2.45) is 14.1 Å². The van der Waals surface area contributed by atoms with E-state index in [1.807, 2.05) is 35.5 Å². The van der Waals surface area contributed by atoms with Gasteiger partial charge < -0.3 is 10.2 Å². The Kier molecular flexibility index (Phi) is 8.86. The van der Waals surface area contributed by atoms with E-state index in [9.17, 15) is 4.79 Å². The first-order chi connectivity index (χ1) is 17.1. The molecule has 0 radical (unpaired) electrons. The highest BCUT2D eigenvalue weighted by molar-refractivity contribution is 7.99. The number of aryl methyl sites for hydroxylation is 2. The average Bonchev–Trinajstić information content (AvgIpc) is 2.89. The molecule has 1 aliphatic heterocycles. The highest BCUT2D eigenvalue weighted by atomic mass is 32.2. The molecule has 4 rings (SSSR count). The molecule has 182 valence electrons. The third-order valence-electron chi connectivity index (χ3n) is 6.07. The summed E-state index contributed by atoms with van der Waals surface area (Å²) in [6.07, 6.45) is 12.1. The van der Waals surface area contributed by atoms with Crippen LogP contribution in [0.5, 0.6) is 0 Å². The van der Waals surface area contributed by atoms with Crippen LogP contribution >= 0.6 is 11.8 Å². The van der Waals surface area contributed by atoms with Gasteiger partial charge in [-0.25, -0.2) is 9.13 Å². The number of pyridine rings is 1. The van der Waals surface area contributed by atoms with Crippen LogP contribution in [0, 0.1) is 0 Å². The molecule has 2 aromatic heterocycles. The van der Waals surface area contributed by atoms with Gasteiger partial charge >= 0.3 is 5.16 Å². The molecule has 0 spiro atoms. The summed E-state index contributed by atoms with van der Waals surface area (Å²) < 4.78 is 3.96. The van der Waals surface area contributed by atoms with Crippen molar-refractivity contribution in [1.82, 2.24) is 15.2 Å². The standard InChI is InChI=1S/C27H33N6OS/c1-30-15-10-24(11-16-30)5-4-23-6-8-25(9-7-23)33-20-18-32(19-21-33)17-13-28-26(34)22-35-27-29-12-3-14-31(27)2/h3-12,14-16H,13,17-22H2,1-2H3/q+1/p+1. The minimum absolute atomic E-state index is 0.0506. The first-order valence-electron chi connectivity index (χ1n) is 12.0. The summed E-state index contributed by atoms with van der Waals surface area (Å²) in [7, 11) is 3.96. The SMILES string of the molecule is C[n+]1ccc(/C=C/c2ccc(N3CCN(CCNC(=O)CSc4nccc[n+]4C)CC3)cc2)cc1. The number of rotatable bonds is 9. The molecule has 0 unspecified atom stereocenters.